The van der Waals surface area contributed by atoms with E-state index in [0.717, 1.165) is 12.1 Å². The van der Waals surface area contributed by atoms with Gasteiger partial charge in [-0.25, -0.2) is 0 Å². The normalized spacial score (nSPS) is 17.9. The molecule has 13 heavy (non-hydrogen) atoms. The molecule has 0 unspecified atom stereocenters. The summed E-state index contributed by atoms with van der Waals surface area (Å²) in [5.74, 6) is 0. The second-order valence-corrected chi connectivity index (χ2v) is 3.72. The second-order valence-electron chi connectivity index (χ2n) is 3.72. The monoisotopic (exact) mass is 173 g/mol. The minimum Gasteiger partial charge on any atom is -0.299 e. The van der Waals surface area contributed by atoms with Crippen molar-refractivity contribution in [3.63, 3.8) is 0 Å². The van der Waals surface area contributed by atoms with Gasteiger partial charge in [-0.15, -0.1) is 0 Å². The zero-order chi connectivity index (χ0) is 9.10. The molecule has 1 aliphatic heterocycles. The van der Waals surface area contributed by atoms with Crippen LogP contribution >= 0.6 is 0 Å². The van der Waals surface area contributed by atoms with Gasteiger partial charge < -0.3 is 0 Å². The number of benzene rings is 1. The molecule has 1 aliphatic rings. The molecule has 0 spiro atoms. The van der Waals surface area contributed by atoms with Gasteiger partial charge in [0.05, 0.1) is 0 Å². The van der Waals surface area contributed by atoms with Gasteiger partial charge in [-0.1, -0.05) is 24.3 Å². The molecule has 1 aromatic carbocycles. The Hall–Kier alpha value is -0.820. The number of nitrogens with zero attached hydrogens (tertiary/aromatic N) is 1. The second kappa shape index (κ2) is 3.93. The molecule has 0 aliphatic carbocycles. The third-order valence-corrected chi connectivity index (χ3v) is 2.58. The maximum absolute atomic E-state index is 5.62. The molecule has 0 saturated carbocycles. The lowest BCUT2D eigenvalue weighted by Gasteiger charge is -2.14. The van der Waals surface area contributed by atoms with Crippen LogP contribution in [0.4, 0.5) is 0 Å². The summed E-state index contributed by atoms with van der Waals surface area (Å²) in [5, 5.41) is 0. The summed E-state index contributed by atoms with van der Waals surface area (Å²) < 4.78 is 0. The average Bonchev–Trinajstić information content (AvgIpc) is 2.62. The van der Waals surface area contributed by atoms with Crippen LogP contribution in [0.5, 0.6) is 0 Å². The number of hydrogen-bond acceptors (Lipinski definition) is 1. The molecule has 0 amide bonds. The Morgan fingerprint density at radius 2 is 1.69 bits per heavy atom. The van der Waals surface area contributed by atoms with E-state index in [1.807, 2.05) is 12.1 Å². The molecule has 0 atom stereocenters. The Bertz CT molecular complexity index is 257. The van der Waals surface area contributed by atoms with Crippen LogP contribution in [0.15, 0.2) is 24.3 Å². The molecule has 1 saturated heterocycles. The van der Waals surface area contributed by atoms with Crippen LogP contribution in [0.25, 0.3) is 0 Å². The molecule has 2 radical (unpaired) electrons. The lowest BCUT2D eigenvalue weighted by molar-refractivity contribution is 0.331. The maximum Gasteiger partial charge on any atom is 0.0233 e. The van der Waals surface area contributed by atoms with Crippen LogP contribution in [0.3, 0.4) is 0 Å². The number of hydrogen-bond donors (Lipinski definition) is 0. The van der Waals surface area contributed by atoms with E-state index in [2.05, 4.69) is 17.0 Å². The molecule has 0 aromatic heterocycles. The summed E-state index contributed by atoms with van der Waals surface area (Å²) in [5.41, 5.74) is 2.22. The van der Waals surface area contributed by atoms with Crippen LogP contribution in [0, 0.1) is 6.92 Å². The molecule has 1 fully saturated rings. The molecule has 1 nitrogen and oxygen atoms in total. The molecule has 1 heterocycles. The van der Waals surface area contributed by atoms with Crippen molar-refractivity contribution in [3.8, 4) is 0 Å². The highest BCUT2D eigenvalue weighted by atomic mass is 15.1. The van der Waals surface area contributed by atoms with Gasteiger partial charge >= 0.3 is 0 Å². The van der Waals surface area contributed by atoms with Crippen LogP contribution in [-0.2, 0) is 6.54 Å². The Morgan fingerprint density at radius 3 is 2.31 bits per heavy atom. The molecule has 2 rings (SSSR count). The van der Waals surface area contributed by atoms with Gasteiger partial charge in [0.1, 0.15) is 0 Å². The van der Waals surface area contributed by atoms with E-state index in [1.165, 1.54) is 31.5 Å². The molecule has 0 N–H and O–H groups in total. The van der Waals surface area contributed by atoms with Crippen LogP contribution in [0.2, 0.25) is 0 Å². The first kappa shape index (κ1) is 8.76. The topological polar surface area (TPSA) is 3.24 Å². The third-order valence-electron chi connectivity index (χ3n) is 2.58. The lowest BCUT2D eigenvalue weighted by Crippen LogP contribution is -2.18. The first-order valence-corrected chi connectivity index (χ1v) is 4.91. The molecule has 1 aromatic rings. The Labute approximate surface area is 80.4 Å². The SMILES string of the molecule is [CH]c1ccc(CN2CCCC2)cc1. The third kappa shape index (κ3) is 2.31. The number of rotatable bonds is 2. The van der Waals surface area contributed by atoms with E-state index in [9.17, 15) is 0 Å². The highest BCUT2D eigenvalue weighted by Crippen LogP contribution is 2.12. The Balaban J connectivity index is 1.97. The summed E-state index contributed by atoms with van der Waals surface area (Å²) in [4.78, 5) is 2.49. The summed E-state index contributed by atoms with van der Waals surface area (Å²) in [6.07, 6.45) is 2.71. The van der Waals surface area contributed by atoms with Crippen molar-refractivity contribution >= 4 is 0 Å². The van der Waals surface area contributed by atoms with Gasteiger partial charge in [-0.05, 0) is 44.0 Å². The summed E-state index contributed by atoms with van der Waals surface area (Å²) in [6.45, 7) is 9.21. The first-order chi connectivity index (χ1) is 6.34. The largest absolute Gasteiger partial charge is 0.299 e. The first-order valence-electron chi connectivity index (χ1n) is 4.91. The van der Waals surface area contributed by atoms with E-state index in [1.54, 1.807) is 0 Å². The summed E-state index contributed by atoms with van der Waals surface area (Å²) in [7, 11) is 0. The Morgan fingerprint density at radius 1 is 1.08 bits per heavy atom. The molecule has 68 valence electrons. The van der Waals surface area contributed by atoms with Gasteiger partial charge in [-0.2, -0.15) is 0 Å². The minimum absolute atomic E-state index is 0.852. The molecule has 1 heteroatoms. The predicted octanol–water partition coefficient (Wildman–Crippen LogP) is 2.34. The maximum atomic E-state index is 5.62. The molecular formula is C12H15N. The smallest absolute Gasteiger partial charge is 0.0233 e. The standard InChI is InChI=1S/C12H15N/c1-11-4-6-12(7-5-11)10-13-8-2-3-9-13/h1,4-7H,2-3,8-10H2. The highest BCUT2D eigenvalue weighted by molar-refractivity contribution is 5.24. The van der Waals surface area contributed by atoms with Crippen molar-refractivity contribution < 1.29 is 0 Å². The zero-order valence-electron chi connectivity index (χ0n) is 7.87. The van der Waals surface area contributed by atoms with E-state index >= 15 is 0 Å². The molecular weight excluding hydrogens is 158 g/mol. The van der Waals surface area contributed by atoms with Crippen LogP contribution in [-0.4, -0.2) is 18.0 Å². The average molecular weight is 173 g/mol. The van der Waals surface area contributed by atoms with Crippen molar-refractivity contribution in [3.05, 3.63) is 42.3 Å². The Kier molecular flexibility index (Phi) is 2.65. The van der Waals surface area contributed by atoms with E-state index in [0.29, 0.717) is 0 Å². The lowest BCUT2D eigenvalue weighted by atomic mass is 10.1. The molecule has 0 bridgehead atoms. The van der Waals surface area contributed by atoms with E-state index in [-0.39, 0.29) is 0 Å². The fourth-order valence-corrected chi connectivity index (χ4v) is 1.82. The summed E-state index contributed by atoms with van der Waals surface area (Å²) in [6, 6.07) is 8.19. The highest BCUT2D eigenvalue weighted by Gasteiger charge is 2.10. The predicted molar refractivity (Wildman–Crippen MR) is 54.4 cm³/mol. The fraction of sp³-hybridized carbons (Fsp3) is 0.417. The van der Waals surface area contributed by atoms with Crippen molar-refractivity contribution in [1.29, 1.82) is 0 Å². The van der Waals surface area contributed by atoms with Crippen LogP contribution < -0.4 is 0 Å². The van der Waals surface area contributed by atoms with Crippen molar-refractivity contribution in [2.45, 2.75) is 19.4 Å². The van der Waals surface area contributed by atoms with Crippen LogP contribution in [0.1, 0.15) is 24.0 Å². The van der Waals surface area contributed by atoms with Gasteiger partial charge in [0, 0.05) is 6.54 Å². The van der Waals surface area contributed by atoms with Crippen molar-refractivity contribution in [2.75, 3.05) is 13.1 Å². The number of likely N-dealkylation sites (tertiary alicyclic amines) is 1. The van der Waals surface area contributed by atoms with Gasteiger partial charge in [0.2, 0.25) is 0 Å². The van der Waals surface area contributed by atoms with Gasteiger partial charge in [-0.3, -0.25) is 4.90 Å². The minimum atomic E-state index is 0.852. The van der Waals surface area contributed by atoms with E-state index in [4.69, 9.17) is 6.92 Å². The van der Waals surface area contributed by atoms with E-state index < -0.39 is 0 Å². The fourth-order valence-electron chi connectivity index (χ4n) is 1.82. The van der Waals surface area contributed by atoms with Gasteiger partial charge in [0.25, 0.3) is 0 Å². The van der Waals surface area contributed by atoms with Crippen molar-refractivity contribution in [1.82, 2.24) is 4.90 Å². The quantitative estimate of drug-likeness (QED) is 0.663. The zero-order valence-corrected chi connectivity index (χ0v) is 7.87. The van der Waals surface area contributed by atoms with Gasteiger partial charge in [0.15, 0.2) is 0 Å². The summed E-state index contributed by atoms with van der Waals surface area (Å²) >= 11 is 0. The van der Waals surface area contributed by atoms with Crippen molar-refractivity contribution in [2.24, 2.45) is 0 Å².